The minimum absolute atomic E-state index is 0.256. The molecule has 0 aliphatic rings. The molecular weight excluding hydrogens is 314 g/mol. The number of halogens is 1. The first-order valence-corrected chi connectivity index (χ1v) is 6.42. The molecule has 0 aliphatic heterocycles. The van der Waals surface area contributed by atoms with Gasteiger partial charge in [-0.2, -0.15) is 0 Å². The molecule has 1 heterocycles. The Hall–Kier alpha value is -1.60. The topological polar surface area (TPSA) is 83.4 Å². The van der Waals surface area contributed by atoms with Gasteiger partial charge in [-0.05, 0) is 40.5 Å². The van der Waals surface area contributed by atoms with Gasteiger partial charge in [0.25, 0.3) is 0 Å². The smallest absolute Gasteiger partial charge is 0.175 e. The SMILES string of the molecule is COc1cc(CN)cc(Br)c1OCc1nonc1C. The third-order valence-electron chi connectivity index (χ3n) is 2.62. The number of ether oxygens (including phenoxy) is 2. The van der Waals surface area contributed by atoms with Crippen LogP contribution in [0.4, 0.5) is 0 Å². The standard InChI is InChI=1S/C12H14BrN3O3/c1-7-10(16-19-15-7)6-18-12-9(13)3-8(5-14)4-11(12)17-2/h3-4H,5-6,14H2,1-2H3. The number of rotatable bonds is 5. The quantitative estimate of drug-likeness (QED) is 0.906. The Kier molecular flexibility index (Phi) is 4.39. The van der Waals surface area contributed by atoms with E-state index in [4.69, 9.17) is 15.2 Å². The number of methoxy groups -OCH3 is 1. The zero-order valence-electron chi connectivity index (χ0n) is 10.6. The van der Waals surface area contributed by atoms with Gasteiger partial charge in [-0.15, -0.1) is 0 Å². The minimum atomic E-state index is 0.256. The summed E-state index contributed by atoms with van der Waals surface area (Å²) >= 11 is 3.44. The molecular formula is C12H14BrN3O3. The lowest BCUT2D eigenvalue weighted by Crippen LogP contribution is -2.02. The first-order chi connectivity index (χ1) is 9.15. The van der Waals surface area contributed by atoms with Crippen molar-refractivity contribution >= 4 is 15.9 Å². The van der Waals surface area contributed by atoms with Gasteiger partial charge in [0.15, 0.2) is 11.5 Å². The summed E-state index contributed by atoms with van der Waals surface area (Å²) in [6.07, 6.45) is 0. The van der Waals surface area contributed by atoms with Crippen LogP contribution in [0.2, 0.25) is 0 Å². The molecule has 19 heavy (non-hydrogen) atoms. The predicted octanol–water partition coefficient (Wildman–Crippen LogP) is 2.19. The summed E-state index contributed by atoms with van der Waals surface area (Å²) in [5.74, 6) is 1.21. The van der Waals surface area contributed by atoms with Gasteiger partial charge in [0.2, 0.25) is 0 Å². The van der Waals surface area contributed by atoms with Crippen LogP contribution in [-0.2, 0) is 13.2 Å². The van der Waals surface area contributed by atoms with E-state index in [0.29, 0.717) is 29.4 Å². The zero-order chi connectivity index (χ0) is 13.8. The third-order valence-corrected chi connectivity index (χ3v) is 3.21. The molecule has 6 nitrogen and oxygen atoms in total. The lowest BCUT2D eigenvalue weighted by Gasteiger charge is -2.13. The van der Waals surface area contributed by atoms with Crippen molar-refractivity contribution in [2.75, 3.05) is 7.11 Å². The highest BCUT2D eigenvalue weighted by atomic mass is 79.9. The van der Waals surface area contributed by atoms with Crippen LogP contribution in [0.25, 0.3) is 0 Å². The third kappa shape index (κ3) is 3.05. The summed E-state index contributed by atoms with van der Waals surface area (Å²) in [5, 5.41) is 7.46. The van der Waals surface area contributed by atoms with E-state index >= 15 is 0 Å². The fourth-order valence-electron chi connectivity index (χ4n) is 1.55. The molecule has 0 aliphatic carbocycles. The maximum Gasteiger partial charge on any atom is 0.175 e. The summed E-state index contributed by atoms with van der Waals surface area (Å²) in [5.41, 5.74) is 7.92. The zero-order valence-corrected chi connectivity index (χ0v) is 12.2. The molecule has 0 unspecified atom stereocenters. The van der Waals surface area contributed by atoms with E-state index in [1.54, 1.807) is 14.0 Å². The molecule has 0 atom stereocenters. The molecule has 0 bridgehead atoms. The first-order valence-electron chi connectivity index (χ1n) is 5.63. The minimum Gasteiger partial charge on any atom is -0.493 e. The molecule has 1 aromatic carbocycles. The second-order valence-electron chi connectivity index (χ2n) is 3.90. The normalized spacial score (nSPS) is 10.5. The Morgan fingerprint density at radius 3 is 2.74 bits per heavy atom. The van der Waals surface area contributed by atoms with Gasteiger partial charge in [-0.1, -0.05) is 10.3 Å². The molecule has 2 N–H and O–H groups in total. The summed E-state index contributed by atoms with van der Waals surface area (Å²) in [6, 6.07) is 3.74. The van der Waals surface area contributed by atoms with Crippen LogP contribution in [0, 0.1) is 6.92 Å². The number of aromatic nitrogens is 2. The molecule has 0 radical (unpaired) electrons. The van der Waals surface area contributed by atoms with Crippen molar-refractivity contribution in [2.24, 2.45) is 5.73 Å². The Morgan fingerprint density at radius 2 is 2.16 bits per heavy atom. The van der Waals surface area contributed by atoms with E-state index in [9.17, 15) is 0 Å². The van der Waals surface area contributed by atoms with Gasteiger partial charge in [0.05, 0.1) is 11.6 Å². The van der Waals surface area contributed by atoms with Crippen molar-refractivity contribution in [2.45, 2.75) is 20.1 Å². The number of nitrogens with zero attached hydrogens (tertiary/aromatic N) is 2. The summed E-state index contributed by atoms with van der Waals surface area (Å²) in [4.78, 5) is 0. The summed E-state index contributed by atoms with van der Waals surface area (Å²) in [7, 11) is 1.58. The van der Waals surface area contributed by atoms with Crippen LogP contribution < -0.4 is 15.2 Å². The average molecular weight is 328 g/mol. The van der Waals surface area contributed by atoms with Crippen molar-refractivity contribution in [1.82, 2.24) is 10.3 Å². The second-order valence-corrected chi connectivity index (χ2v) is 4.75. The highest BCUT2D eigenvalue weighted by molar-refractivity contribution is 9.10. The number of nitrogens with two attached hydrogens (primary N) is 1. The van der Waals surface area contributed by atoms with E-state index in [2.05, 4.69) is 30.9 Å². The van der Waals surface area contributed by atoms with Crippen molar-refractivity contribution in [3.63, 3.8) is 0 Å². The van der Waals surface area contributed by atoms with Crippen molar-refractivity contribution in [3.8, 4) is 11.5 Å². The highest BCUT2D eigenvalue weighted by Crippen LogP contribution is 2.37. The van der Waals surface area contributed by atoms with Crippen LogP contribution in [0.5, 0.6) is 11.5 Å². The number of aryl methyl sites for hydroxylation is 1. The highest BCUT2D eigenvalue weighted by Gasteiger charge is 2.13. The van der Waals surface area contributed by atoms with E-state index in [1.165, 1.54) is 0 Å². The Balaban J connectivity index is 2.22. The fourth-order valence-corrected chi connectivity index (χ4v) is 2.16. The van der Waals surface area contributed by atoms with Crippen LogP contribution in [0.15, 0.2) is 21.2 Å². The Bertz CT molecular complexity index is 571. The van der Waals surface area contributed by atoms with Crippen LogP contribution >= 0.6 is 15.9 Å². The molecule has 2 aromatic rings. The van der Waals surface area contributed by atoms with Gasteiger partial charge >= 0.3 is 0 Å². The van der Waals surface area contributed by atoms with E-state index in [1.807, 2.05) is 12.1 Å². The van der Waals surface area contributed by atoms with Gasteiger partial charge in [0, 0.05) is 6.54 Å². The summed E-state index contributed by atoms with van der Waals surface area (Å²) in [6.45, 7) is 2.49. The lowest BCUT2D eigenvalue weighted by atomic mass is 10.2. The number of hydrogen-bond acceptors (Lipinski definition) is 6. The lowest BCUT2D eigenvalue weighted by molar-refractivity contribution is 0.259. The molecule has 1 aromatic heterocycles. The van der Waals surface area contributed by atoms with Gasteiger partial charge in [-0.3, -0.25) is 0 Å². The van der Waals surface area contributed by atoms with Gasteiger partial charge in [0.1, 0.15) is 18.0 Å². The van der Waals surface area contributed by atoms with Crippen molar-refractivity contribution in [3.05, 3.63) is 33.6 Å². The Morgan fingerprint density at radius 1 is 1.37 bits per heavy atom. The summed E-state index contributed by atoms with van der Waals surface area (Å²) < 4.78 is 16.4. The molecule has 0 saturated heterocycles. The van der Waals surface area contributed by atoms with Crippen molar-refractivity contribution in [1.29, 1.82) is 0 Å². The molecule has 0 amide bonds. The maximum atomic E-state index is 5.71. The van der Waals surface area contributed by atoms with E-state index in [-0.39, 0.29) is 6.61 Å². The van der Waals surface area contributed by atoms with Crippen molar-refractivity contribution < 1.29 is 14.1 Å². The maximum absolute atomic E-state index is 5.71. The fraction of sp³-hybridized carbons (Fsp3) is 0.333. The molecule has 0 saturated carbocycles. The molecule has 0 fully saturated rings. The van der Waals surface area contributed by atoms with E-state index in [0.717, 1.165) is 10.0 Å². The molecule has 0 spiro atoms. The monoisotopic (exact) mass is 327 g/mol. The largest absolute Gasteiger partial charge is 0.493 e. The number of hydrogen-bond donors (Lipinski definition) is 1. The number of benzene rings is 1. The first kappa shape index (κ1) is 13.8. The van der Waals surface area contributed by atoms with Crippen LogP contribution in [0.3, 0.4) is 0 Å². The second kappa shape index (κ2) is 6.03. The average Bonchev–Trinajstić information content (AvgIpc) is 2.82. The van der Waals surface area contributed by atoms with Crippen LogP contribution in [-0.4, -0.2) is 17.4 Å². The Labute approximate surface area is 119 Å². The van der Waals surface area contributed by atoms with E-state index < -0.39 is 0 Å². The van der Waals surface area contributed by atoms with Gasteiger partial charge < -0.3 is 15.2 Å². The molecule has 102 valence electrons. The van der Waals surface area contributed by atoms with Gasteiger partial charge in [-0.25, -0.2) is 4.63 Å². The van der Waals surface area contributed by atoms with Crippen LogP contribution in [0.1, 0.15) is 17.0 Å². The predicted molar refractivity (Wildman–Crippen MR) is 72.0 cm³/mol. The molecule has 2 rings (SSSR count). The molecule has 7 heteroatoms.